The highest BCUT2D eigenvalue weighted by atomic mass is 35.5. The summed E-state index contributed by atoms with van der Waals surface area (Å²) in [6.45, 7) is -0.00641. The lowest BCUT2D eigenvalue weighted by molar-refractivity contribution is -0.133. The fourth-order valence-electron chi connectivity index (χ4n) is 2.03. The Balaban J connectivity index is 1.90. The number of hydrogen-bond donors (Lipinski definition) is 0. The van der Waals surface area contributed by atoms with Crippen molar-refractivity contribution in [2.75, 3.05) is 13.7 Å². The summed E-state index contributed by atoms with van der Waals surface area (Å²) in [6, 6.07) is 15.2. The van der Waals surface area contributed by atoms with Crippen LogP contribution in [0.15, 0.2) is 48.5 Å². The number of nitriles is 1. The van der Waals surface area contributed by atoms with Crippen LogP contribution < -0.4 is 0 Å². The number of rotatable bonds is 5. The summed E-state index contributed by atoms with van der Waals surface area (Å²) in [4.78, 5) is 25.4. The fourth-order valence-corrected chi connectivity index (χ4v) is 2.25. The molecule has 1 amide bonds. The molecule has 0 atom stereocenters. The van der Waals surface area contributed by atoms with Crippen LogP contribution in [0, 0.1) is 11.3 Å². The van der Waals surface area contributed by atoms with E-state index in [-0.39, 0.29) is 18.1 Å². The predicted molar refractivity (Wildman–Crippen MR) is 89.4 cm³/mol. The molecule has 2 rings (SSSR count). The molecule has 6 heteroatoms. The van der Waals surface area contributed by atoms with Crippen molar-refractivity contribution in [1.82, 2.24) is 4.90 Å². The highest BCUT2D eigenvalue weighted by Crippen LogP contribution is 2.12. The number of benzene rings is 2. The van der Waals surface area contributed by atoms with Gasteiger partial charge in [0.05, 0.1) is 17.2 Å². The monoisotopic (exact) mass is 342 g/mol. The molecule has 0 heterocycles. The maximum atomic E-state index is 12.1. The number of esters is 1. The lowest BCUT2D eigenvalue weighted by Gasteiger charge is -2.17. The summed E-state index contributed by atoms with van der Waals surface area (Å²) in [5.74, 6) is -0.976. The molecule has 2 aromatic carbocycles. The van der Waals surface area contributed by atoms with Crippen LogP contribution in [0.2, 0.25) is 5.02 Å². The van der Waals surface area contributed by atoms with E-state index >= 15 is 0 Å². The molecular formula is C18H15ClN2O3. The summed E-state index contributed by atoms with van der Waals surface area (Å²) in [6.07, 6.45) is 0. The Morgan fingerprint density at radius 2 is 1.96 bits per heavy atom. The molecule has 0 saturated heterocycles. The second-order valence-electron chi connectivity index (χ2n) is 5.15. The first-order chi connectivity index (χ1) is 11.5. The maximum Gasteiger partial charge on any atom is 0.338 e. The molecule has 0 N–H and O–H groups in total. The summed E-state index contributed by atoms with van der Waals surface area (Å²) >= 11 is 5.91. The third-order valence-corrected chi connectivity index (χ3v) is 3.52. The van der Waals surface area contributed by atoms with Crippen molar-refractivity contribution in [2.45, 2.75) is 6.54 Å². The van der Waals surface area contributed by atoms with Gasteiger partial charge in [0.2, 0.25) is 0 Å². The van der Waals surface area contributed by atoms with Gasteiger partial charge in [0.1, 0.15) is 0 Å². The number of nitrogens with zero attached hydrogens (tertiary/aromatic N) is 2. The predicted octanol–water partition coefficient (Wildman–Crippen LogP) is 3.03. The molecule has 0 bridgehead atoms. The Bertz CT molecular complexity index is 799. The standard InChI is InChI=1S/C18H15ClN2O3/c1-21(11-14-5-3-7-16(19)9-14)17(22)12-24-18(23)15-6-2-4-13(8-15)10-20/h2-9H,11-12H2,1H3. The quantitative estimate of drug-likeness (QED) is 0.783. The van der Waals surface area contributed by atoms with Gasteiger partial charge in [-0.05, 0) is 35.9 Å². The normalized spacial score (nSPS) is 9.88. The van der Waals surface area contributed by atoms with Gasteiger partial charge in [-0.2, -0.15) is 5.26 Å². The molecule has 0 radical (unpaired) electrons. The van der Waals surface area contributed by atoms with Crippen molar-refractivity contribution < 1.29 is 14.3 Å². The molecule has 0 saturated carbocycles. The minimum Gasteiger partial charge on any atom is -0.452 e. The van der Waals surface area contributed by atoms with E-state index < -0.39 is 5.97 Å². The Labute approximate surface area is 145 Å². The number of halogens is 1. The Morgan fingerprint density at radius 1 is 1.21 bits per heavy atom. The first-order valence-corrected chi connectivity index (χ1v) is 7.53. The summed E-state index contributed by atoms with van der Waals surface area (Å²) < 4.78 is 5.01. The van der Waals surface area contributed by atoms with E-state index in [1.165, 1.54) is 17.0 Å². The van der Waals surface area contributed by atoms with Crippen LogP contribution >= 0.6 is 11.6 Å². The van der Waals surface area contributed by atoms with Gasteiger partial charge in [-0.3, -0.25) is 4.79 Å². The van der Waals surface area contributed by atoms with E-state index in [4.69, 9.17) is 21.6 Å². The Kier molecular flexibility index (Phi) is 5.94. The van der Waals surface area contributed by atoms with Crippen LogP contribution in [0.5, 0.6) is 0 Å². The van der Waals surface area contributed by atoms with Crippen LogP contribution in [0.25, 0.3) is 0 Å². The number of amides is 1. The fraction of sp³-hybridized carbons (Fsp3) is 0.167. The SMILES string of the molecule is CN(Cc1cccc(Cl)c1)C(=O)COC(=O)c1cccc(C#N)c1. The van der Waals surface area contributed by atoms with Crippen LogP contribution in [-0.4, -0.2) is 30.4 Å². The lowest BCUT2D eigenvalue weighted by atomic mass is 10.1. The van der Waals surface area contributed by atoms with E-state index in [1.807, 2.05) is 12.1 Å². The van der Waals surface area contributed by atoms with E-state index in [9.17, 15) is 9.59 Å². The van der Waals surface area contributed by atoms with Gasteiger partial charge in [-0.25, -0.2) is 4.79 Å². The van der Waals surface area contributed by atoms with E-state index in [1.54, 1.807) is 37.4 Å². The van der Waals surface area contributed by atoms with Crippen molar-refractivity contribution in [3.05, 3.63) is 70.2 Å². The summed E-state index contributed by atoms with van der Waals surface area (Å²) in [5, 5.41) is 9.42. The van der Waals surface area contributed by atoms with Gasteiger partial charge in [0.15, 0.2) is 6.61 Å². The molecule has 122 valence electrons. The van der Waals surface area contributed by atoms with Crippen LogP contribution in [0.1, 0.15) is 21.5 Å². The maximum absolute atomic E-state index is 12.1. The lowest BCUT2D eigenvalue weighted by Crippen LogP contribution is -2.30. The summed E-state index contributed by atoms with van der Waals surface area (Å²) in [7, 11) is 1.62. The zero-order chi connectivity index (χ0) is 17.5. The van der Waals surface area contributed by atoms with Crippen LogP contribution in [-0.2, 0) is 16.1 Å². The van der Waals surface area contributed by atoms with E-state index in [0.29, 0.717) is 17.1 Å². The highest BCUT2D eigenvalue weighted by Gasteiger charge is 2.14. The smallest absolute Gasteiger partial charge is 0.338 e. The van der Waals surface area contributed by atoms with Crippen LogP contribution in [0.4, 0.5) is 0 Å². The highest BCUT2D eigenvalue weighted by molar-refractivity contribution is 6.30. The first-order valence-electron chi connectivity index (χ1n) is 7.15. The topological polar surface area (TPSA) is 70.4 Å². The Hall–Kier alpha value is -2.84. The largest absolute Gasteiger partial charge is 0.452 e. The van der Waals surface area contributed by atoms with Crippen molar-refractivity contribution >= 4 is 23.5 Å². The molecule has 0 aliphatic heterocycles. The van der Waals surface area contributed by atoms with Gasteiger partial charge in [-0.1, -0.05) is 29.8 Å². The molecule has 5 nitrogen and oxygen atoms in total. The third kappa shape index (κ3) is 4.83. The van der Waals surface area contributed by atoms with Crippen molar-refractivity contribution in [1.29, 1.82) is 5.26 Å². The molecule has 0 aromatic heterocycles. The van der Waals surface area contributed by atoms with E-state index in [0.717, 1.165) is 5.56 Å². The van der Waals surface area contributed by atoms with Gasteiger partial charge in [-0.15, -0.1) is 0 Å². The van der Waals surface area contributed by atoms with E-state index in [2.05, 4.69) is 0 Å². The average Bonchev–Trinajstić information content (AvgIpc) is 2.59. The second kappa shape index (κ2) is 8.14. The molecule has 0 fully saturated rings. The number of carbonyl (C=O) groups excluding carboxylic acids is 2. The van der Waals surface area contributed by atoms with Gasteiger partial charge in [0, 0.05) is 18.6 Å². The number of likely N-dealkylation sites (N-methyl/N-ethyl adjacent to an activating group) is 1. The summed E-state index contributed by atoms with van der Waals surface area (Å²) in [5.41, 5.74) is 1.47. The number of ether oxygens (including phenoxy) is 1. The van der Waals surface area contributed by atoms with Crippen molar-refractivity contribution in [3.8, 4) is 6.07 Å². The van der Waals surface area contributed by atoms with Gasteiger partial charge < -0.3 is 9.64 Å². The minimum atomic E-state index is -0.642. The van der Waals surface area contributed by atoms with Gasteiger partial charge in [0.25, 0.3) is 5.91 Å². The molecular weight excluding hydrogens is 328 g/mol. The molecule has 0 spiro atoms. The second-order valence-corrected chi connectivity index (χ2v) is 5.58. The van der Waals surface area contributed by atoms with Gasteiger partial charge >= 0.3 is 5.97 Å². The van der Waals surface area contributed by atoms with Crippen LogP contribution in [0.3, 0.4) is 0 Å². The Morgan fingerprint density at radius 3 is 2.67 bits per heavy atom. The molecule has 0 unspecified atom stereocenters. The molecule has 24 heavy (non-hydrogen) atoms. The average molecular weight is 343 g/mol. The van der Waals surface area contributed by atoms with Crippen molar-refractivity contribution in [2.24, 2.45) is 0 Å². The minimum absolute atomic E-state index is 0.236. The molecule has 0 aliphatic carbocycles. The van der Waals surface area contributed by atoms with Crippen molar-refractivity contribution in [3.63, 3.8) is 0 Å². The zero-order valence-corrected chi connectivity index (χ0v) is 13.8. The molecule has 2 aromatic rings. The number of carbonyl (C=O) groups is 2. The zero-order valence-electron chi connectivity index (χ0n) is 13.0. The first kappa shape index (κ1) is 17.5. The third-order valence-electron chi connectivity index (χ3n) is 3.29. The number of hydrogen-bond acceptors (Lipinski definition) is 4. The molecule has 0 aliphatic rings.